The summed E-state index contributed by atoms with van der Waals surface area (Å²) in [5.41, 5.74) is 6.89. The summed E-state index contributed by atoms with van der Waals surface area (Å²) in [5.74, 6) is 1.04. The molecule has 0 amide bonds. The number of unbranched alkanes of at least 4 members (excludes halogenated alkanes) is 1. The maximum absolute atomic E-state index is 5.54. The van der Waals surface area contributed by atoms with Crippen LogP contribution in [-0.2, 0) is 16.9 Å². The van der Waals surface area contributed by atoms with Crippen molar-refractivity contribution in [3.63, 3.8) is 0 Å². The minimum absolute atomic E-state index is 0.435. The third-order valence-electron chi connectivity index (χ3n) is 6.99. The number of hydrazine groups is 1. The summed E-state index contributed by atoms with van der Waals surface area (Å²) in [4.78, 5) is 0. The van der Waals surface area contributed by atoms with Gasteiger partial charge >= 0.3 is 0 Å². The largest absolute Gasteiger partial charge is 0.383 e. The van der Waals surface area contributed by atoms with Crippen molar-refractivity contribution in [2.45, 2.75) is 68.5 Å². The molecule has 0 aromatic heterocycles. The summed E-state index contributed by atoms with van der Waals surface area (Å²) in [7, 11) is 1.82. The molecule has 34 heavy (non-hydrogen) atoms. The third kappa shape index (κ3) is 6.85. The number of methoxy groups -OCH3 is 1. The summed E-state index contributed by atoms with van der Waals surface area (Å²) in [6.07, 6.45) is 7.20. The molecule has 0 spiro atoms. The molecule has 4 heteroatoms. The number of ether oxygens (including phenoxy) is 1. The second-order valence-corrected chi connectivity index (χ2v) is 10.7. The summed E-state index contributed by atoms with van der Waals surface area (Å²) < 4.78 is 5.54. The third-order valence-corrected chi connectivity index (χ3v) is 8.42. The number of rotatable bonds is 13. The molecule has 182 valence electrons. The van der Waals surface area contributed by atoms with Crippen molar-refractivity contribution in [2.75, 3.05) is 20.3 Å². The lowest BCUT2D eigenvalue weighted by Gasteiger charge is -2.35. The lowest BCUT2D eigenvalue weighted by atomic mass is 9.96. The van der Waals surface area contributed by atoms with Gasteiger partial charge in [0.15, 0.2) is 0 Å². The van der Waals surface area contributed by atoms with Crippen molar-refractivity contribution < 1.29 is 4.74 Å². The molecule has 4 rings (SSSR count). The second kappa shape index (κ2) is 13.3. The van der Waals surface area contributed by atoms with Crippen LogP contribution in [0.4, 0.5) is 0 Å². The maximum atomic E-state index is 5.54. The van der Waals surface area contributed by atoms with E-state index in [1.165, 1.54) is 54.0 Å². The quantitative estimate of drug-likeness (QED) is 0.291. The molecule has 3 atom stereocenters. The highest BCUT2D eigenvalue weighted by Crippen LogP contribution is 2.30. The van der Waals surface area contributed by atoms with Crippen molar-refractivity contribution in [2.24, 2.45) is 0 Å². The first-order chi connectivity index (χ1) is 16.8. The molecular weight excluding hydrogens is 436 g/mol. The molecule has 1 N–H and O–H groups in total. The Morgan fingerprint density at radius 1 is 1.03 bits per heavy atom. The SMILES string of the molecule is CCCC[C@@H](NN1CCC[C@H]1COC)[C@H](Cc1cccc2ccccc12)SCc1ccccc1. The molecule has 3 nitrogen and oxygen atoms in total. The second-order valence-electron chi connectivity index (χ2n) is 9.50. The van der Waals surface area contributed by atoms with Gasteiger partial charge in [-0.05, 0) is 47.6 Å². The fourth-order valence-corrected chi connectivity index (χ4v) is 6.45. The number of nitrogens with one attached hydrogen (secondary N) is 1. The zero-order valence-electron chi connectivity index (χ0n) is 20.8. The molecule has 3 aromatic rings. The fourth-order valence-electron chi connectivity index (χ4n) is 5.12. The predicted octanol–water partition coefficient (Wildman–Crippen LogP) is 6.86. The van der Waals surface area contributed by atoms with E-state index in [-0.39, 0.29) is 0 Å². The highest BCUT2D eigenvalue weighted by molar-refractivity contribution is 7.99. The van der Waals surface area contributed by atoms with Gasteiger partial charge in [-0.2, -0.15) is 11.8 Å². The van der Waals surface area contributed by atoms with E-state index in [1.54, 1.807) is 0 Å². The van der Waals surface area contributed by atoms with Gasteiger partial charge in [0.05, 0.1) is 6.61 Å². The monoisotopic (exact) mass is 476 g/mol. The maximum Gasteiger partial charge on any atom is 0.0632 e. The van der Waals surface area contributed by atoms with Gasteiger partial charge in [0.25, 0.3) is 0 Å². The van der Waals surface area contributed by atoms with Gasteiger partial charge in [0, 0.05) is 36.7 Å². The van der Waals surface area contributed by atoms with E-state index in [0.29, 0.717) is 17.3 Å². The topological polar surface area (TPSA) is 24.5 Å². The van der Waals surface area contributed by atoms with Crippen LogP contribution in [0.1, 0.15) is 50.2 Å². The standard InChI is InChI=1S/C30H40N2OS/c1-3-4-19-29(31-32-20-11-17-27(32)22-33-2)30(34-23-24-12-6-5-7-13-24)21-26-16-10-15-25-14-8-9-18-28(25)26/h5-10,12-16,18,27,29-31H,3-4,11,17,19-23H2,1-2H3/t27-,29+,30-/m0/s1. The van der Waals surface area contributed by atoms with E-state index in [1.807, 2.05) is 7.11 Å². The molecule has 1 saturated heterocycles. The van der Waals surface area contributed by atoms with Crippen LogP contribution < -0.4 is 5.43 Å². The molecular formula is C30H40N2OS. The summed E-state index contributed by atoms with van der Waals surface area (Å²) >= 11 is 2.11. The van der Waals surface area contributed by atoms with E-state index in [2.05, 4.69) is 102 Å². The Hall–Kier alpha value is -1.85. The summed E-state index contributed by atoms with van der Waals surface area (Å²) in [5, 5.41) is 5.71. The molecule has 1 aliphatic rings. The van der Waals surface area contributed by atoms with Crippen LogP contribution in [0, 0.1) is 0 Å². The smallest absolute Gasteiger partial charge is 0.0632 e. The van der Waals surface area contributed by atoms with Gasteiger partial charge in [-0.25, -0.2) is 5.01 Å². The predicted molar refractivity (Wildman–Crippen MR) is 147 cm³/mol. The Morgan fingerprint density at radius 2 is 1.82 bits per heavy atom. The first-order valence-electron chi connectivity index (χ1n) is 12.9. The van der Waals surface area contributed by atoms with Crippen LogP contribution >= 0.6 is 11.8 Å². The Labute approximate surface area is 210 Å². The average Bonchev–Trinajstić information content (AvgIpc) is 3.32. The van der Waals surface area contributed by atoms with Gasteiger partial charge in [0.1, 0.15) is 0 Å². The first kappa shape index (κ1) is 25.2. The van der Waals surface area contributed by atoms with Crippen LogP contribution in [0.2, 0.25) is 0 Å². The zero-order valence-corrected chi connectivity index (χ0v) is 21.6. The normalized spacial score (nSPS) is 18.4. The van der Waals surface area contributed by atoms with Gasteiger partial charge in [-0.1, -0.05) is 92.6 Å². The van der Waals surface area contributed by atoms with Crippen LogP contribution in [-0.4, -0.2) is 42.6 Å². The lowest BCUT2D eigenvalue weighted by Crippen LogP contribution is -2.52. The molecule has 1 heterocycles. The highest BCUT2D eigenvalue weighted by atomic mass is 32.2. The molecule has 3 aromatic carbocycles. The Kier molecular flexibility index (Phi) is 9.87. The Bertz CT molecular complexity index is 990. The van der Waals surface area contributed by atoms with Crippen LogP contribution in [0.25, 0.3) is 10.8 Å². The minimum Gasteiger partial charge on any atom is -0.383 e. The van der Waals surface area contributed by atoms with Crippen molar-refractivity contribution >= 4 is 22.5 Å². The molecule has 0 unspecified atom stereocenters. The van der Waals surface area contributed by atoms with Gasteiger partial charge < -0.3 is 4.74 Å². The highest BCUT2D eigenvalue weighted by Gasteiger charge is 2.30. The number of nitrogens with zero attached hydrogens (tertiary/aromatic N) is 1. The van der Waals surface area contributed by atoms with Crippen molar-refractivity contribution in [3.05, 3.63) is 83.9 Å². The molecule has 0 aliphatic carbocycles. The molecule has 1 fully saturated rings. The van der Waals surface area contributed by atoms with E-state index in [0.717, 1.165) is 25.3 Å². The van der Waals surface area contributed by atoms with Crippen molar-refractivity contribution in [1.82, 2.24) is 10.4 Å². The number of hydrogen-bond donors (Lipinski definition) is 1. The van der Waals surface area contributed by atoms with Crippen molar-refractivity contribution in [3.8, 4) is 0 Å². The van der Waals surface area contributed by atoms with Gasteiger partial charge in [-0.3, -0.25) is 5.43 Å². The summed E-state index contributed by atoms with van der Waals surface area (Å²) in [6.45, 7) is 4.22. The Balaban J connectivity index is 1.58. The first-order valence-corrected chi connectivity index (χ1v) is 14.0. The number of fused-ring (bicyclic) bond motifs is 1. The molecule has 0 radical (unpaired) electrons. The number of thioether (sulfide) groups is 1. The Morgan fingerprint density at radius 3 is 2.65 bits per heavy atom. The van der Waals surface area contributed by atoms with Crippen LogP contribution in [0.5, 0.6) is 0 Å². The lowest BCUT2D eigenvalue weighted by molar-refractivity contribution is 0.0686. The van der Waals surface area contributed by atoms with E-state index in [9.17, 15) is 0 Å². The van der Waals surface area contributed by atoms with Gasteiger partial charge in [-0.15, -0.1) is 0 Å². The molecule has 0 saturated carbocycles. The minimum atomic E-state index is 0.435. The fraction of sp³-hybridized carbons (Fsp3) is 0.467. The van der Waals surface area contributed by atoms with Crippen LogP contribution in [0.3, 0.4) is 0 Å². The van der Waals surface area contributed by atoms with E-state index < -0.39 is 0 Å². The number of hydrogen-bond acceptors (Lipinski definition) is 4. The van der Waals surface area contributed by atoms with E-state index in [4.69, 9.17) is 4.74 Å². The van der Waals surface area contributed by atoms with E-state index >= 15 is 0 Å². The van der Waals surface area contributed by atoms with Gasteiger partial charge in [0.2, 0.25) is 0 Å². The molecule has 0 bridgehead atoms. The average molecular weight is 477 g/mol. The molecule has 1 aliphatic heterocycles. The summed E-state index contributed by atoms with van der Waals surface area (Å²) in [6, 6.07) is 27.5. The van der Waals surface area contributed by atoms with Crippen molar-refractivity contribution in [1.29, 1.82) is 0 Å². The number of benzene rings is 3. The van der Waals surface area contributed by atoms with Crippen LogP contribution in [0.15, 0.2) is 72.8 Å². The zero-order chi connectivity index (χ0) is 23.6.